The summed E-state index contributed by atoms with van der Waals surface area (Å²) >= 11 is 0. The van der Waals surface area contributed by atoms with Crippen LogP contribution in [0.4, 0.5) is 5.69 Å². The van der Waals surface area contributed by atoms with Crippen molar-refractivity contribution in [2.24, 2.45) is 0 Å². The van der Waals surface area contributed by atoms with Gasteiger partial charge in [0.2, 0.25) is 0 Å². The van der Waals surface area contributed by atoms with Crippen molar-refractivity contribution in [3.63, 3.8) is 0 Å². The fourth-order valence-corrected chi connectivity index (χ4v) is 4.30. The monoisotopic (exact) mass is 440 g/mol. The van der Waals surface area contributed by atoms with Gasteiger partial charge in [-0.2, -0.15) is 0 Å². The molecule has 1 aliphatic heterocycles. The molecule has 0 radical (unpaired) electrons. The smallest absolute Gasteiger partial charge is 0.270 e. The average molecular weight is 441 g/mol. The Morgan fingerprint density at radius 1 is 1.00 bits per heavy atom. The van der Waals surface area contributed by atoms with Gasteiger partial charge in [0.1, 0.15) is 11.3 Å². The zero-order valence-electron chi connectivity index (χ0n) is 18.8. The number of hydrogen-bond donors (Lipinski definition) is 1. The first-order chi connectivity index (χ1) is 16.2. The van der Waals surface area contributed by atoms with Crippen LogP contribution in [0.3, 0.4) is 0 Å². The number of anilines is 1. The highest BCUT2D eigenvalue weighted by atomic mass is 16.5. The third-order valence-corrected chi connectivity index (χ3v) is 6.12. The highest BCUT2D eigenvalue weighted by Gasteiger charge is 2.18. The van der Waals surface area contributed by atoms with E-state index in [9.17, 15) is 4.79 Å². The molecule has 0 bridgehead atoms. The minimum Gasteiger partial charge on any atom is -0.378 e. The molecule has 6 nitrogen and oxygen atoms in total. The minimum absolute atomic E-state index is 0.107. The van der Waals surface area contributed by atoms with Crippen LogP contribution in [0.15, 0.2) is 72.9 Å². The summed E-state index contributed by atoms with van der Waals surface area (Å²) in [5, 5.41) is 3.08. The summed E-state index contributed by atoms with van der Waals surface area (Å²) in [5.41, 5.74) is 6.68. The number of nitrogens with one attached hydrogen (secondary N) is 1. The number of imidazole rings is 1. The van der Waals surface area contributed by atoms with Gasteiger partial charge in [0.05, 0.1) is 18.9 Å². The SMILES string of the molecule is CCc1nc2cc(-c3ccccc3)ccn2c1C(=O)NCc1ccc(N2CCOCC2)cc1. The van der Waals surface area contributed by atoms with Crippen LogP contribution in [0.2, 0.25) is 0 Å². The Kier molecular flexibility index (Phi) is 6.09. The van der Waals surface area contributed by atoms with E-state index >= 15 is 0 Å². The number of benzene rings is 2. The maximum Gasteiger partial charge on any atom is 0.270 e. The molecule has 168 valence electrons. The predicted molar refractivity (Wildman–Crippen MR) is 131 cm³/mol. The Bertz CT molecular complexity index is 1240. The molecule has 0 unspecified atom stereocenters. The fourth-order valence-electron chi connectivity index (χ4n) is 4.30. The van der Waals surface area contributed by atoms with Crippen LogP contribution in [-0.4, -0.2) is 41.6 Å². The van der Waals surface area contributed by atoms with Gasteiger partial charge in [-0.15, -0.1) is 0 Å². The van der Waals surface area contributed by atoms with Gasteiger partial charge in [-0.05, 0) is 47.4 Å². The number of fused-ring (bicyclic) bond motifs is 1. The molecule has 1 aliphatic rings. The number of morpholine rings is 1. The van der Waals surface area contributed by atoms with Crippen LogP contribution in [0.5, 0.6) is 0 Å². The molecule has 4 aromatic rings. The van der Waals surface area contributed by atoms with E-state index in [-0.39, 0.29) is 5.91 Å². The summed E-state index contributed by atoms with van der Waals surface area (Å²) < 4.78 is 7.32. The molecule has 1 N–H and O–H groups in total. The first kappa shape index (κ1) is 21.2. The van der Waals surface area contributed by atoms with Gasteiger partial charge in [-0.25, -0.2) is 4.98 Å². The molecule has 33 heavy (non-hydrogen) atoms. The zero-order chi connectivity index (χ0) is 22.6. The summed E-state index contributed by atoms with van der Waals surface area (Å²) in [5.74, 6) is -0.107. The summed E-state index contributed by atoms with van der Waals surface area (Å²) in [4.78, 5) is 20.2. The van der Waals surface area contributed by atoms with Gasteiger partial charge in [-0.3, -0.25) is 9.20 Å². The van der Waals surface area contributed by atoms with E-state index in [0.29, 0.717) is 18.7 Å². The van der Waals surface area contributed by atoms with E-state index in [1.54, 1.807) is 0 Å². The van der Waals surface area contributed by atoms with E-state index in [1.807, 2.05) is 47.9 Å². The maximum absolute atomic E-state index is 13.1. The number of ether oxygens (including phenoxy) is 1. The lowest BCUT2D eigenvalue weighted by atomic mass is 10.1. The lowest BCUT2D eigenvalue weighted by Crippen LogP contribution is -2.36. The maximum atomic E-state index is 13.1. The summed E-state index contributed by atoms with van der Waals surface area (Å²) in [6, 6.07) is 22.7. The van der Waals surface area contributed by atoms with Crippen LogP contribution < -0.4 is 10.2 Å². The van der Waals surface area contributed by atoms with Crippen molar-refractivity contribution in [2.45, 2.75) is 19.9 Å². The number of carbonyl (C=O) groups is 1. The van der Waals surface area contributed by atoms with Crippen molar-refractivity contribution in [1.29, 1.82) is 0 Å². The van der Waals surface area contributed by atoms with Crippen molar-refractivity contribution < 1.29 is 9.53 Å². The molecular formula is C27H28N4O2. The average Bonchev–Trinajstić information content (AvgIpc) is 3.26. The standard InChI is InChI=1S/C27H28N4O2/c1-2-24-26(31-13-12-22(18-25(31)29-24)21-6-4-3-5-7-21)27(32)28-19-20-8-10-23(11-9-20)30-14-16-33-17-15-30/h3-13,18H,2,14-17,19H2,1H3,(H,28,32). The minimum atomic E-state index is -0.107. The number of pyridine rings is 1. The van der Waals surface area contributed by atoms with Crippen molar-refractivity contribution in [1.82, 2.24) is 14.7 Å². The largest absolute Gasteiger partial charge is 0.378 e. The molecule has 1 fully saturated rings. The second-order valence-electron chi connectivity index (χ2n) is 8.22. The molecule has 2 aromatic carbocycles. The Hall–Kier alpha value is -3.64. The van der Waals surface area contributed by atoms with Crippen LogP contribution in [0, 0.1) is 0 Å². The number of aryl methyl sites for hydroxylation is 1. The molecule has 1 saturated heterocycles. The van der Waals surface area contributed by atoms with Gasteiger partial charge < -0.3 is 15.0 Å². The Morgan fingerprint density at radius 3 is 2.48 bits per heavy atom. The summed E-state index contributed by atoms with van der Waals surface area (Å²) in [7, 11) is 0. The van der Waals surface area contributed by atoms with E-state index < -0.39 is 0 Å². The normalized spacial score (nSPS) is 13.9. The first-order valence-electron chi connectivity index (χ1n) is 11.5. The molecule has 0 spiro atoms. The van der Waals surface area contributed by atoms with Crippen LogP contribution in [0.1, 0.15) is 28.7 Å². The molecule has 3 heterocycles. The zero-order valence-corrected chi connectivity index (χ0v) is 18.8. The molecule has 1 amide bonds. The van der Waals surface area contributed by atoms with E-state index in [1.165, 1.54) is 5.69 Å². The van der Waals surface area contributed by atoms with Gasteiger partial charge in [0, 0.05) is 31.5 Å². The van der Waals surface area contributed by atoms with Crippen molar-refractivity contribution in [2.75, 3.05) is 31.2 Å². The molecule has 5 rings (SSSR count). The fraction of sp³-hybridized carbons (Fsp3) is 0.259. The Labute approximate surface area is 193 Å². The number of carbonyl (C=O) groups excluding carboxylic acids is 1. The van der Waals surface area contributed by atoms with Crippen LogP contribution in [-0.2, 0) is 17.7 Å². The van der Waals surface area contributed by atoms with Crippen LogP contribution >= 0.6 is 0 Å². The van der Waals surface area contributed by atoms with Gasteiger partial charge >= 0.3 is 0 Å². The summed E-state index contributed by atoms with van der Waals surface area (Å²) in [6.45, 7) is 5.86. The van der Waals surface area contributed by atoms with E-state index in [4.69, 9.17) is 9.72 Å². The second-order valence-corrected chi connectivity index (χ2v) is 8.22. The quantitative estimate of drug-likeness (QED) is 0.485. The van der Waals surface area contributed by atoms with E-state index in [0.717, 1.165) is 54.3 Å². The van der Waals surface area contributed by atoms with Crippen LogP contribution in [0.25, 0.3) is 16.8 Å². The lowest BCUT2D eigenvalue weighted by Gasteiger charge is -2.28. The Morgan fingerprint density at radius 2 is 1.76 bits per heavy atom. The first-order valence-corrected chi connectivity index (χ1v) is 11.5. The number of amides is 1. The Balaban J connectivity index is 1.32. The van der Waals surface area contributed by atoms with Crippen molar-refractivity contribution in [3.05, 3.63) is 89.9 Å². The topological polar surface area (TPSA) is 58.9 Å². The number of rotatable bonds is 6. The third-order valence-electron chi connectivity index (χ3n) is 6.12. The summed E-state index contributed by atoms with van der Waals surface area (Å²) in [6.07, 6.45) is 2.63. The number of nitrogens with zero attached hydrogens (tertiary/aromatic N) is 3. The molecule has 6 heteroatoms. The molecule has 0 aliphatic carbocycles. The van der Waals surface area contributed by atoms with Gasteiger partial charge in [-0.1, -0.05) is 49.4 Å². The third kappa shape index (κ3) is 4.47. The van der Waals surface area contributed by atoms with Crippen molar-refractivity contribution in [3.8, 4) is 11.1 Å². The number of aromatic nitrogens is 2. The molecule has 0 saturated carbocycles. The lowest BCUT2D eigenvalue weighted by molar-refractivity contribution is 0.0944. The predicted octanol–water partition coefficient (Wildman–Crippen LogP) is 4.33. The molecule has 0 atom stereocenters. The van der Waals surface area contributed by atoms with Crippen molar-refractivity contribution >= 4 is 17.2 Å². The number of hydrogen-bond acceptors (Lipinski definition) is 4. The highest BCUT2D eigenvalue weighted by Crippen LogP contribution is 2.23. The molecule has 2 aromatic heterocycles. The highest BCUT2D eigenvalue weighted by molar-refractivity contribution is 5.95. The van der Waals surface area contributed by atoms with Gasteiger partial charge in [0.25, 0.3) is 5.91 Å². The van der Waals surface area contributed by atoms with E-state index in [2.05, 4.69) is 46.6 Å². The second kappa shape index (κ2) is 9.46. The van der Waals surface area contributed by atoms with Gasteiger partial charge in [0.15, 0.2) is 0 Å². The molecular weight excluding hydrogens is 412 g/mol.